The molecule has 2 aromatic rings. The van der Waals surface area contributed by atoms with Crippen LogP contribution in [0.1, 0.15) is 26.3 Å². The first-order valence-electron chi connectivity index (χ1n) is 11.0. The molecule has 1 aliphatic rings. The molecule has 2 aromatic carbocycles. The normalized spacial score (nSPS) is 16.5. The highest BCUT2D eigenvalue weighted by Gasteiger charge is 2.41. The summed E-state index contributed by atoms with van der Waals surface area (Å²) in [4.78, 5) is 29.5. The number of amides is 3. The number of carbonyl (C=O) groups is 2. The molecule has 0 aromatic heterocycles. The smallest absolute Gasteiger partial charge is 0.332 e. The SMILES string of the molecule is CN1C(=O)/C(=C(/NCc2ccc(S(C)(=O)=O)cc2)Sc2ccccc2)C(=N)N(CC(C)(C)C)C1=O. The van der Waals surface area contributed by atoms with Crippen LogP contribution in [0.25, 0.3) is 0 Å². The van der Waals surface area contributed by atoms with Gasteiger partial charge in [-0.3, -0.25) is 20.0 Å². The molecule has 0 radical (unpaired) electrons. The van der Waals surface area contributed by atoms with Gasteiger partial charge in [0, 0.05) is 31.3 Å². The number of carbonyl (C=O) groups excluding carboxylic acids is 2. The van der Waals surface area contributed by atoms with Crippen LogP contribution in [-0.4, -0.2) is 55.8 Å². The maximum atomic E-state index is 13.2. The third-order valence-electron chi connectivity index (χ3n) is 5.17. The van der Waals surface area contributed by atoms with Crippen molar-refractivity contribution >= 4 is 39.4 Å². The van der Waals surface area contributed by atoms with E-state index in [1.807, 2.05) is 51.1 Å². The van der Waals surface area contributed by atoms with Gasteiger partial charge in [0.2, 0.25) is 0 Å². The Bertz CT molecular complexity index is 1260. The van der Waals surface area contributed by atoms with E-state index >= 15 is 0 Å². The highest BCUT2D eigenvalue weighted by molar-refractivity contribution is 8.03. The summed E-state index contributed by atoms with van der Waals surface area (Å²) in [5, 5.41) is 12.5. The summed E-state index contributed by atoms with van der Waals surface area (Å²) in [5.74, 6) is -0.699. The number of thioether (sulfide) groups is 1. The molecular weight excluding hydrogens is 484 g/mol. The van der Waals surface area contributed by atoms with Crippen LogP contribution in [0.5, 0.6) is 0 Å². The number of urea groups is 1. The summed E-state index contributed by atoms with van der Waals surface area (Å²) in [5.41, 5.74) is 0.628. The minimum Gasteiger partial charge on any atom is -0.375 e. The number of nitrogens with zero attached hydrogens (tertiary/aromatic N) is 2. The van der Waals surface area contributed by atoms with E-state index < -0.39 is 21.8 Å². The van der Waals surface area contributed by atoms with Crippen LogP contribution < -0.4 is 5.32 Å². The molecule has 1 heterocycles. The summed E-state index contributed by atoms with van der Waals surface area (Å²) < 4.78 is 23.5. The van der Waals surface area contributed by atoms with E-state index in [0.29, 0.717) is 11.6 Å². The topological polar surface area (TPSA) is 111 Å². The van der Waals surface area contributed by atoms with E-state index in [9.17, 15) is 18.0 Å². The van der Waals surface area contributed by atoms with E-state index in [4.69, 9.17) is 5.41 Å². The van der Waals surface area contributed by atoms with Crippen molar-refractivity contribution in [3.05, 3.63) is 70.8 Å². The Kier molecular flexibility index (Phi) is 7.76. The standard InChI is InChI=1S/C25H30N4O4S2/c1-25(2,3)16-29-21(26)20(23(30)28(4)24(29)31)22(34-18-9-7-6-8-10-18)27-15-17-11-13-19(14-12-17)35(5,32)33/h6-14,26-27H,15-16H2,1-5H3/b22-20-,26-21?. The number of benzene rings is 2. The van der Waals surface area contributed by atoms with Crippen molar-refractivity contribution in [1.82, 2.24) is 15.1 Å². The van der Waals surface area contributed by atoms with Crippen LogP contribution in [-0.2, 0) is 21.2 Å². The fourth-order valence-electron chi connectivity index (χ4n) is 3.41. The minimum atomic E-state index is -3.31. The van der Waals surface area contributed by atoms with Gasteiger partial charge < -0.3 is 5.32 Å². The quantitative estimate of drug-likeness (QED) is 0.425. The van der Waals surface area contributed by atoms with Gasteiger partial charge >= 0.3 is 6.03 Å². The van der Waals surface area contributed by atoms with Crippen LogP contribution in [0.15, 0.2) is 75.0 Å². The molecule has 0 spiro atoms. The monoisotopic (exact) mass is 514 g/mol. The van der Waals surface area contributed by atoms with Gasteiger partial charge in [0.05, 0.1) is 9.92 Å². The Hall–Kier alpha value is -3.11. The zero-order valence-corrected chi connectivity index (χ0v) is 22.1. The van der Waals surface area contributed by atoms with Crippen LogP contribution >= 0.6 is 11.8 Å². The lowest BCUT2D eigenvalue weighted by atomic mass is 9.95. The molecule has 2 N–H and O–H groups in total. The lowest BCUT2D eigenvalue weighted by Gasteiger charge is -2.37. The highest BCUT2D eigenvalue weighted by atomic mass is 32.2. The number of hydrogen-bond acceptors (Lipinski definition) is 7. The molecule has 3 rings (SSSR count). The predicted molar refractivity (Wildman–Crippen MR) is 138 cm³/mol. The van der Waals surface area contributed by atoms with Crippen molar-refractivity contribution in [3.8, 4) is 0 Å². The first-order valence-corrected chi connectivity index (χ1v) is 13.7. The number of hydrogen-bond donors (Lipinski definition) is 2. The van der Waals surface area contributed by atoms with Crippen LogP contribution in [0, 0.1) is 10.8 Å². The van der Waals surface area contributed by atoms with Gasteiger partial charge in [-0.1, -0.05) is 62.9 Å². The van der Waals surface area contributed by atoms with Gasteiger partial charge in [0.15, 0.2) is 9.84 Å². The Labute approximate surface area is 210 Å². The molecular formula is C25H30N4O4S2. The van der Waals surface area contributed by atoms with Crippen molar-refractivity contribution in [1.29, 1.82) is 5.41 Å². The maximum Gasteiger partial charge on any atom is 0.332 e. The summed E-state index contributed by atoms with van der Waals surface area (Å²) in [6.45, 7) is 6.46. The van der Waals surface area contributed by atoms with Crippen LogP contribution in [0.3, 0.4) is 0 Å². The van der Waals surface area contributed by atoms with Crippen molar-refractivity contribution in [2.75, 3.05) is 19.8 Å². The zero-order valence-electron chi connectivity index (χ0n) is 20.5. The van der Waals surface area contributed by atoms with Crippen molar-refractivity contribution in [3.63, 3.8) is 0 Å². The molecule has 186 valence electrons. The first kappa shape index (κ1) is 26.5. The van der Waals surface area contributed by atoms with E-state index in [-0.39, 0.29) is 28.3 Å². The predicted octanol–water partition coefficient (Wildman–Crippen LogP) is 4.10. The second-order valence-corrected chi connectivity index (χ2v) is 12.6. The van der Waals surface area contributed by atoms with Gasteiger partial charge in [-0.25, -0.2) is 13.2 Å². The molecule has 1 aliphatic heterocycles. The molecule has 8 nitrogen and oxygen atoms in total. The average molecular weight is 515 g/mol. The van der Waals surface area contributed by atoms with Gasteiger partial charge in [0.1, 0.15) is 11.4 Å². The Balaban J connectivity index is 2.00. The number of amidine groups is 1. The van der Waals surface area contributed by atoms with Crippen LogP contribution in [0.2, 0.25) is 0 Å². The minimum absolute atomic E-state index is 0.109. The molecule has 0 aliphatic carbocycles. The summed E-state index contributed by atoms with van der Waals surface area (Å²) in [6, 6.07) is 15.4. The molecule has 10 heteroatoms. The maximum absolute atomic E-state index is 13.2. The molecule has 0 atom stereocenters. The molecule has 1 saturated heterocycles. The lowest BCUT2D eigenvalue weighted by molar-refractivity contribution is -0.123. The summed E-state index contributed by atoms with van der Waals surface area (Å²) >= 11 is 1.30. The third-order valence-corrected chi connectivity index (χ3v) is 7.36. The van der Waals surface area contributed by atoms with E-state index in [0.717, 1.165) is 21.6 Å². The van der Waals surface area contributed by atoms with E-state index in [1.54, 1.807) is 12.1 Å². The fraction of sp³-hybridized carbons (Fsp3) is 0.320. The average Bonchev–Trinajstić information content (AvgIpc) is 2.78. The lowest BCUT2D eigenvalue weighted by Crippen LogP contribution is -2.57. The van der Waals surface area contributed by atoms with Gasteiger partial charge in [-0.05, 0) is 35.2 Å². The second kappa shape index (κ2) is 10.2. The van der Waals surface area contributed by atoms with Crippen molar-refractivity contribution in [2.45, 2.75) is 37.1 Å². The largest absolute Gasteiger partial charge is 0.375 e. The van der Waals surface area contributed by atoms with E-state index in [2.05, 4.69) is 5.32 Å². The number of sulfone groups is 1. The number of likely N-dealkylation sites (N-methyl/N-ethyl adjacent to an activating group) is 1. The zero-order chi connectivity index (χ0) is 26.0. The van der Waals surface area contributed by atoms with Gasteiger partial charge in [0.25, 0.3) is 5.91 Å². The molecule has 0 unspecified atom stereocenters. The van der Waals surface area contributed by atoms with Crippen LogP contribution in [0.4, 0.5) is 4.79 Å². The van der Waals surface area contributed by atoms with Gasteiger partial charge in [-0.15, -0.1) is 0 Å². The Morgan fingerprint density at radius 2 is 1.63 bits per heavy atom. The Morgan fingerprint density at radius 1 is 1.03 bits per heavy atom. The summed E-state index contributed by atoms with van der Waals surface area (Å²) in [6.07, 6.45) is 1.15. The second-order valence-electron chi connectivity index (χ2n) is 9.53. The fourth-order valence-corrected chi connectivity index (χ4v) is 5.00. The van der Waals surface area contributed by atoms with E-state index in [1.165, 1.54) is 35.8 Å². The molecule has 35 heavy (non-hydrogen) atoms. The molecule has 0 bridgehead atoms. The molecule has 0 saturated carbocycles. The number of rotatable bonds is 7. The number of imide groups is 1. The molecule has 1 fully saturated rings. The molecule has 3 amide bonds. The highest BCUT2D eigenvalue weighted by Crippen LogP contribution is 2.32. The first-order chi connectivity index (χ1) is 16.3. The Morgan fingerprint density at radius 3 is 2.17 bits per heavy atom. The van der Waals surface area contributed by atoms with Gasteiger partial charge in [-0.2, -0.15) is 0 Å². The summed E-state index contributed by atoms with van der Waals surface area (Å²) in [7, 11) is -1.89. The third kappa shape index (κ3) is 6.52. The number of nitrogens with one attached hydrogen (secondary N) is 2. The van der Waals surface area contributed by atoms with Crippen molar-refractivity contribution < 1.29 is 18.0 Å². The van der Waals surface area contributed by atoms with Crippen molar-refractivity contribution in [2.24, 2.45) is 5.41 Å².